The van der Waals surface area contributed by atoms with E-state index in [-0.39, 0.29) is 0 Å². The molecule has 0 aromatic heterocycles. The number of rotatable bonds is 0. The smallest absolute Gasteiger partial charge is 0.0412 e. The fourth-order valence-electron chi connectivity index (χ4n) is 1.16. The van der Waals surface area contributed by atoms with E-state index in [1.54, 1.807) is 0 Å². The number of fused-ring (bicyclic) bond motifs is 1. The summed E-state index contributed by atoms with van der Waals surface area (Å²) in [6.45, 7) is 4.31. The van der Waals surface area contributed by atoms with Crippen molar-refractivity contribution >= 4 is 31.9 Å². The fraction of sp³-hybridized carbons (Fsp3) is 0.167. The standard InChI is InChI=1S/C10H7Cl.C2H6Si/c11-10-6-5-8-3-1-2-4-9(8)7-10;1-3-2/h1-7H;1-2H3. The molecule has 0 aliphatic rings. The van der Waals surface area contributed by atoms with E-state index < -0.39 is 0 Å². The van der Waals surface area contributed by atoms with Crippen molar-refractivity contribution in [2.75, 3.05) is 0 Å². The van der Waals surface area contributed by atoms with Crippen LogP contribution in [0, 0.1) is 0 Å². The van der Waals surface area contributed by atoms with Crippen molar-refractivity contribution in [2.24, 2.45) is 0 Å². The first kappa shape index (κ1) is 11.3. The number of halogens is 1. The predicted octanol–water partition coefficient (Wildman–Crippen LogP) is 4.28. The zero-order chi connectivity index (χ0) is 10.4. The molecule has 72 valence electrons. The first-order valence-corrected chi connectivity index (χ1v) is 6.88. The molecule has 0 amide bonds. The summed E-state index contributed by atoms with van der Waals surface area (Å²) in [7, 11) is 1.08. The molecule has 0 spiro atoms. The molecule has 0 atom stereocenters. The Balaban J connectivity index is 0.000000293. The van der Waals surface area contributed by atoms with E-state index in [0.717, 1.165) is 14.5 Å². The van der Waals surface area contributed by atoms with Gasteiger partial charge in [-0.1, -0.05) is 55.0 Å². The summed E-state index contributed by atoms with van der Waals surface area (Å²) >= 11 is 5.82. The van der Waals surface area contributed by atoms with E-state index in [4.69, 9.17) is 11.6 Å². The van der Waals surface area contributed by atoms with Crippen molar-refractivity contribution < 1.29 is 0 Å². The molecular formula is C12H13ClSi. The predicted molar refractivity (Wildman–Crippen MR) is 66.4 cm³/mol. The zero-order valence-electron chi connectivity index (χ0n) is 8.42. The van der Waals surface area contributed by atoms with E-state index in [0.29, 0.717) is 0 Å². The van der Waals surface area contributed by atoms with Crippen LogP contribution in [0.1, 0.15) is 0 Å². The molecule has 0 saturated heterocycles. The molecule has 2 radical (unpaired) electrons. The highest BCUT2D eigenvalue weighted by Crippen LogP contribution is 2.18. The molecule has 0 bridgehead atoms. The summed E-state index contributed by atoms with van der Waals surface area (Å²) in [5, 5.41) is 3.22. The van der Waals surface area contributed by atoms with Gasteiger partial charge in [0.2, 0.25) is 0 Å². The summed E-state index contributed by atoms with van der Waals surface area (Å²) < 4.78 is 0. The molecule has 0 aliphatic heterocycles. The van der Waals surface area contributed by atoms with Gasteiger partial charge in [0.15, 0.2) is 0 Å². The van der Waals surface area contributed by atoms with E-state index >= 15 is 0 Å². The Labute approximate surface area is 92.7 Å². The van der Waals surface area contributed by atoms with Crippen LogP contribution >= 0.6 is 11.6 Å². The number of benzene rings is 2. The highest BCUT2D eigenvalue weighted by Gasteiger charge is 1.90. The minimum absolute atomic E-state index is 0.795. The van der Waals surface area contributed by atoms with E-state index in [1.165, 1.54) is 10.8 Å². The Morgan fingerprint density at radius 3 is 2.14 bits per heavy atom. The largest absolute Gasteiger partial charge is 0.0843 e. The SMILES string of the molecule is C[Si]C.Clc1ccc2ccccc2c1. The maximum atomic E-state index is 5.82. The van der Waals surface area contributed by atoms with E-state index in [1.807, 2.05) is 30.3 Å². The van der Waals surface area contributed by atoms with Crippen molar-refractivity contribution in [1.29, 1.82) is 0 Å². The van der Waals surface area contributed by atoms with Gasteiger partial charge < -0.3 is 0 Å². The van der Waals surface area contributed by atoms with E-state index in [2.05, 4.69) is 25.2 Å². The van der Waals surface area contributed by atoms with Crippen LogP contribution in [-0.2, 0) is 0 Å². The van der Waals surface area contributed by atoms with Gasteiger partial charge in [-0.25, -0.2) is 0 Å². The lowest BCUT2D eigenvalue weighted by Gasteiger charge is -1.95. The second-order valence-electron chi connectivity index (χ2n) is 2.99. The third kappa shape index (κ3) is 3.16. The van der Waals surface area contributed by atoms with Crippen LogP contribution in [-0.4, -0.2) is 9.52 Å². The van der Waals surface area contributed by atoms with Crippen LogP contribution in [0.3, 0.4) is 0 Å². The van der Waals surface area contributed by atoms with Crippen molar-refractivity contribution in [2.45, 2.75) is 13.1 Å². The highest BCUT2D eigenvalue weighted by molar-refractivity contribution is 6.31. The Morgan fingerprint density at radius 1 is 0.929 bits per heavy atom. The normalized spacial score (nSPS) is 9.36. The Bertz CT molecular complexity index is 398. The molecule has 2 heteroatoms. The molecule has 0 heterocycles. The third-order valence-corrected chi connectivity index (χ3v) is 1.95. The molecule has 0 nitrogen and oxygen atoms in total. The molecule has 0 unspecified atom stereocenters. The van der Waals surface area contributed by atoms with Crippen LogP contribution in [0.15, 0.2) is 42.5 Å². The fourth-order valence-corrected chi connectivity index (χ4v) is 1.34. The van der Waals surface area contributed by atoms with Crippen molar-refractivity contribution in [3.63, 3.8) is 0 Å². The Kier molecular flexibility index (Phi) is 4.70. The summed E-state index contributed by atoms with van der Waals surface area (Å²) in [5.74, 6) is 0. The number of hydrogen-bond donors (Lipinski definition) is 0. The maximum absolute atomic E-state index is 5.82. The second-order valence-corrected chi connectivity index (χ2v) is 4.43. The van der Waals surface area contributed by atoms with Crippen LogP contribution in [0.25, 0.3) is 10.8 Å². The Morgan fingerprint density at radius 2 is 1.50 bits per heavy atom. The van der Waals surface area contributed by atoms with Crippen LogP contribution in [0.5, 0.6) is 0 Å². The maximum Gasteiger partial charge on any atom is 0.0412 e. The average molecular weight is 221 g/mol. The molecule has 2 aromatic carbocycles. The highest BCUT2D eigenvalue weighted by atomic mass is 35.5. The molecule has 2 aromatic rings. The van der Waals surface area contributed by atoms with Gasteiger partial charge in [0.25, 0.3) is 0 Å². The lowest BCUT2D eigenvalue weighted by atomic mass is 10.1. The van der Waals surface area contributed by atoms with Gasteiger partial charge in [-0.2, -0.15) is 0 Å². The van der Waals surface area contributed by atoms with Gasteiger partial charge in [-0.05, 0) is 22.9 Å². The van der Waals surface area contributed by atoms with Gasteiger partial charge in [0.1, 0.15) is 0 Å². The van der Waals surface area contributed by atoms with Crippen molar-refractivity contribution in [1.82, 2.24) is 0 Å². The van der Waals surface area contributed by atoms with Gasteiger partial charge in [0.05, 0.1) is 0 Å². The topological polar surface area (TPSA) is 0 Å². The summed E-state index contributed by atoms with van der Waals surface area (Å²) in [6, 6.07) is 14.1. The summed E-state index contributed by atoms with van der Waals surface area (Å²) in [5.41, 5.74) is 0. The van der Waals surface area contributed by atoms with Crippen LogP contribution < -0.4 is 0 Å². The average Bonchev–Trinajstić information content (AvgIpc) is 2.19. The van der Waals surface area contributed by atoms with Gasteiger partial charge in [-0.3, -0.25) is 0 Å². The monoisotopic (exact) mass is 220 g/mol. The third-order valence-electron chi connectivity index (χ3n) is 1.71. The Hall–Kier alpha value is -0.793. The van der Waals surface area contributed by atoms with Crippen molar-refractivity contribution in [3.8, 4) is 0 Å². The first-order chi connectivity index (χ1) is 6.77. The molecule has 2 rings (SSSR count). The van der Waals surface area contributed by atoms with Gasteiger partial charge in [0, 0.05) is 14.5 Å². The summed E-state index contributed by atoms with van der Waals surface area (Å²) in [6.07, 6.45) is 0. The summed E-state index contributed by atoms with van der Waals surface area (Å²) in [4.78, 5) is 0. The first-order valence-electron chi connectivity index (χ1n) is 4.50. The van der Waals surface area contributed by atoms with Crippen molar-refractivity contribution in [3.05, 3.63) is 47.5 Å². The molecular weight excluding hydrogens is 208 g/mol. The molecule has 0 N–H and O–H groups in total. The zero-order valence-corrected chi connectivity index (χ0v) is 10.2. The van der Waals surface area contributed by atoms with Crippen LogP contribution in [0.4, 0.5) is 0 Å². The van der Waals surface area contributed by atoms with Gasteiger partial charge >= 0.3 is 0 Å². The quantitative estimate of drug-likeness (QED) is 0.582. The number of hydrogen-bond acceptors (Lipinski definition) is 0. The van der Waals surface area contributed by atoms with Gasteiger partial charge in [-0.15, -0.1) is 0 Å². The lowest BCUT2D eigenvalue weighted by Crippen LogP contribution is -1.69. The second kappa shape index (κ2) is 5.84. The molecule has 0 aliphatic carbocycles. The lowest BCUT2D eigenvalue weighted by molar-refractivity contribution is 1.75. The van der Waals surface area contributed by atoms with Crippen LogP contribution in [0.2, 0.25) is 18.1 Å². The molecule has 0 fully saturated rings. The minimum atomic E-state index is 0.795. The molecule has 0 saturated carbocycles. The minimum Gasteiger partial charge on any atom is -0.0843 e. The molecule has 14 heavy (non-hydrogen) atoms. The van der Waals surface area contributed by atoms with E-state index in [9.17, 15) is 0 Å².